The van der Waals surface area contributed by atoms with Gasteiger partial charge in [0.15, 0.2) is 0 Å². The van der Waals surface area contributed by atoms with Crippen LogP contribution in [0.4, 0.5) is 16.2 Å². The first-order valence-electron chi connectivity index (χ1n) is 13.8. The number of anilines is 2. The number of likely N-dealkylation sites (N-methyl/N-ethyl adjacent to an activating group) is 1. The van der Waals surface area contributed by atoms with Gasteiger partial charge in [-0.05, 0) is 70.1 Å². The number of pyridine rings is 2. The molecular formula is C31H36N6O3. The molecule has 0 aliphatic carbocycles. The third-order valence-electron chi connectivity index (χ3n) is 7.51. The van der Waals surface area contributed by atoms with Gasteiger partial charge >= 0.3 is 6.09 Å². The van der Waals surface area contributed by atoms with E-state index in [-0.39, 0.29) is 0 Å². The van der Waals surface area contributed by atoms with Gasteiger partial charge in [0.2, 0.25) is 5.88 Å². The molecule has 0 atom stereocenters. The van der Waals surface area contributed by atoms with Gasteiger partial charge in [-0.3, -0.25) is 4.90 Å². The van der Waals surface area contributed by atoms with Crippen LogP contribution in [0.1, 0.15) is 26.3 Å². The number of hydrogen-bond acceptors (Lipinski definition) is 7. The van der Waals surface area contributed by atoms with Crippen molar-refractivity contribution >= 4 is 28.5 Å². The normalized spacial score (nSPS) is 16.1. The predicted molar refractivity (Wildman–Crippen MR) is 158 cm³/mol. The quantitative estimate of drug-likeness (QED) is 0.368. The van der Waals surface area contributed by atoms with E-state index in [0.29, 0.717) is 24.7 Å². The van der Waals surface area contributed by atoms with Crippen molar-refractivity contribution in [3.63, 3.8) is 0 Å². The predicted octanol–water partition coefficient (Wildman–Crippen LogP) is 5.49. The van der Waals surface area contributed by atoms with Crippen molar-refractivity contribution in [2.24, 2.45) is 0 Å². The van der Waals surface area contributed by atoms with Gasteiger partial charge in [0.25, 0.3) is 0 Å². The summed E-state index contributed by atoms with van der Waals surface area (Å²) in [7, 11) is 2.18. The van der Waals surface area contributed by atoms with Crippen LogP contribution in [-0.2, 0) is 4.74 Å². The van der Waals surface area contributed by atoms with Crippen LogP contribution in [0.15, 0.2) is 48.9 Å². The Balaban J connectivity index is 1.32. The summed E-state index contributed by atoms with van der Waals surface area (Å²) in [5.74, 6) is 0.426. The molecule has 2 aliphatic heterocycles. The van der Waals surface area contributed by atoms with Gasteiger partial charge in [-0.25, -0.2) is 14.8 Å². The summed E-state index contributed by atoms with van der Waals surface area (Å²) in [6, 6.07) is 10.8. The zero-order valence-corrected chi connectivity index (χ0v) is 23.8. The number of piperazine rings is 1. The molecular weight excluding hydrogens is 504 g/mol. The maximum absolute atomic E-state index is 13.0. The molecule has 1 aromatic carbocycles. The number of amides is 1. The maximum Gasteiger partial charge on any atom is 0.415 e. The highest BCUT2D eigenvalue weighted by atomic mass is 16.6. The largest absolute Gasteiger partial charge is 0.474 e. The Morgan fingerprint density at radius 3 is 2.48 bits per heavy atom. The van der Waals surface area contributed by atoms with Crippen molar-refractivity contribution in [1.82, 2.24) is 19.9 Å². The molecule has 0 bridgehead atoms. The fourth-order valence-corrected chi connectivity index (χ4v) is 5.39. The summed E-state index contributed by atoms with van der Waals surface area (Å²) in [6.45, 7) is 12.8. The number of H-pyrrole nitrogens is 1. The van der Waals surface area contributed by atoms with E-state index in [0.717, 1.165) is 59.5 Å². The van der Waals surface area contributed by atoms with Gasteiger partial charge in [0, 0.05) is 72.5 Å². The monoisotopic (exact) mass is 540 g/mol. The number of aromatic amines is 1. The van der Waals surface area contributed by atoms with E-state index >= 15 is 0 Å². The van der Waals surface area contributed by atoms with E-state index in [1.807, 2.05) is 39.2 Å². The molecule has 4 aromatic rings. The molecule has 0 radical (unpaired) electrons. The van der Waals surface area contributed by atoms with Gasteiger partial charge in [0.1, 0.15) is 23.5 Å². The van der Waals surface area contributed by atoms with Crippen LogP contribution in [0.5, 0.6) is 5.88 Å². The van der Waals surface area contributed by atoms with Crippen molar-refractivity contribution in [2.75, 3.05) is 56.2 Å². The molecule has 9 nitrogen and oxygen atoms in total. The number of nitrogens with one attached hydrogen (secondary N) is 1. The lowest BCUT2D eigenvalue weighted by Crippen LogP contribution is -2.44. The summed E-state index contributed by atoms with van der Waals surface area (Å²) in [6.07, 6.45) is 5.22. The second kappa shape index (κ2) is 10.1. The Labute approximate surface area is 234 Å². The summed E-state index contributed by atoms with van der Waals surface area (Å²) in [5.41, 5.74) is 7.36. The Bertz CT molecular complexity index is 1570. The second-order valence-electron chi connectivity index (χ2n) is 11.6. The first-order chi connectivity index (χ1) is 19.2. The standard InChI is InChI=1S/C31H36N6O3/c1-20-14-21(6-7-26(20)36-10-8-35(5)9-11-36)22-15-24-25(19-33-28(24)32-17-22)23-16-27-29(34-18-23)39-13-12-37(27)30(38)40-31(2,3)4/h6-7,14-19H,8-13H2,1-5H3,(H,32,33). The third-order valence-corrected chi connectivity index (χ3v) is 7.51. The van der Waals surface area contributed by atoms with Crippen LogP contribution in [0.2, 0.25) is 0 Å². The number of rotatable bonds is 3. The molecule has 1 amide bonds. The fourth-order valence-electron chi connectivity index (χ4n) is 5.39. The van der Waals surface area contributed by atoms with Gasteiger partial charge in [-0.2, -0.15) is 0 Å². The van der Waals surface area contributed by atoms with Gasteiger partial charge in [-0.15, -0.1) is 0 Å². The lowest BCUT2D eigenvalue weighted by atomic mass is 10.0. The molecule has 0 unspecified atom stereocenters. The number of carbonyl (C=O) groups is 1. The molecule has 5 heterocycles. The Morgan fingerprint density at radius 1 is 0.950 bits per heavy atom. The number of aryl methyl sites for hydroxylation is 1. The number of hydrogen-bond donors (Lipinski definition) is 1. The van der Waals surface area contributed by atoms with Crippen molar-refractivity contribution in [3.05, 3.63) is 54.5 Å². The minimum atomic E-state index is -0.597. The minimum Gasteiger partial charge on any atom is -0.474 e. The Morgan fingerprint density at radius 2 is 1.73 bits per heavy atom. The lowest BCUT2D eigenvalue weighted by Gasteiger charge is -2.35. The molecule has 3 aromatic heterocycles. The summed E-state index contributed by atoms with van der Waals surface area (Å²) >= 11 is 0. The summed E-state index contributed by atoms with van der Waals surface area (Å²) in [4.78, 5) is 32.0. The highest BCUT2D eigenvalue weighted by Crippen LogP contribution is 2.38. The highest BCUT2D eigenvalue weighted by molar-refractivity contribution is 5.98. The zero-order valence-electron chi connectivity index (χ0n) is 23.8. The van der Waals surface area contributed by atoms with Gasteiger partial charge in [-0.1, -0.05) is 6.07 Å². The summed E-state index contributed by atoms with van der Waals surface area (Å²) in [5, 5.41) is 0.987. The fraction of sp³-hybridized carbons (Fsp3) is 0.387. The van der Waals surface area contributed by atoms with E-state index in [1.54, 1.807) is 11.1 Å². The van der Waals surface area contributed by atoms with E-state index in [4.69, 9.17) is 14.5 Å². The van der Waals surface area contributed by atoms with Crippen LogP contribution < -0.4 is 14.5 Å². The smallest absolute Gasteiger partial charge is 0.415 e. The molecule has 9 heteroatoms. The number of ether oxygens (including phenoxy) is 2. The molecule has 208 valence electrons. The van der Waals surface area contributed by atoms with Gasteiger partial charge in [0.05, 0.1) is 6.54 Å². The van der Waals surface area contributed by atoms with E-state index in [9.17, 15) is 4.79 Å². The van der Waals surface area contributed by atoms with Gasteiger partial charge < -0.3 is 24.3 Å². The van der Waals surface area contributed by atoms with E-state index in [2.05, 4.69) is 58.0 Å². The van der Waals surface area contributed by atoms with Crippen LogP contribution in [-0.4, -0.2) is 77.9 Å². The minimum absolute atomic E-state index is 0.367. The maximum atomic E-state index is 13.0. The van der Waals surface area contributed by atoms with Crippen LogP contribution in [0, 0.1) is 6.92 Å². The highest BCUT2D eigenvalue weighted by Gasteiger charge is 2.29. The van der Waals surface area contributed by atoms with E-state index in [1.165, 1.54) is 11.3 Å². The molecule has 0 saturated carbocycles. The number of nitrogens with zero attached hydrogens (tertiary/aromatic N) is 5. The first-order valence-corrected chi connectivity index (χ1v) is 13.8. The molecule has 1 saturated heterocycles. The molecule has 1 N–H and O–H groups in total. The van der Waals surface area contributed by atoms with Crippen molar-refractivity contribution in [3.8, 4) is 28.1 Å². The lowest BCUT2D eigenvalue weighted by molar-refractivity contribution is 0.0567. The Hall–Kier alpha value is -4.11. The molecule has 40 heavy (non-hydrogen) atoms. The number of benzene rings is 1. The third kappa shape index (κ3) is 5.09. The van der Waals surface area contributed by atoms with E-state index < -0.39 is 11.7 Å². The number of fused-ring (bicyclic) bond motifs is 2. The SMILES string of the molecule is Cc1cc(-c2cnc3[nH]cc(-c4cnc5c(c4)N(C(=O)OC(C)(C)C)CCO5)c3c2)ccc1N1CCN(C)CC1. The second-order valence-corrected chi connectivity index (χ2v) is 11.6. The molecule has 1 fully saturated rings. The van der Waals surface area contributed by atoms with Crippen molar-refractivity contribution < 1.29 is 14.3 Å². The van der Waals surface area contributed by atoms with Crippen LogP contribution in [0.25, 0.3) is 33.3 Å². The van der Waals surface area contributed by atoms with Crippen LogP contribution in [0.3, 0.4) is 0 Å². The number of carbonyl (C=O) groups excluding carboxylic acids is 1. The van der Waals surface area contributed by atoms with Crippen molar-refractivity contribution in [2.45, 2.75) is 33.3 Å². The molecule has 2 aliphatic rings. The van der Waals surface area contributed by atoms with Crippen LogP contribution >= 0.6 is 0 Å². The zero-order chi connectivity index (χ0) is 28.0. The summed E-state index contributed by atoms with van der Waals surface area (Å²) < 4.78 is 11.4. The molecule has 0 spiro atoms. The average molecular weight is 541 g/mol. The Kier molecular flexibility index (Phi) is 6.62. The number of aromatic nitrogens is 3. The average Bonchev–Trinajstić information content (AvgIpc) is 3.35. The molecule has 6 rings (SSSR count). The first kappa shape index (κ1) is 26.1. The topological polar surface area (TPSA) is 86.8 Å². The van der Waals surface area contributed by atoms with Crippen molar-refractivity contribution in [1.29, 1.82) is 0 Å².